The number of carbonyl (C=O) groups is 2. The van der Waals surface area contributed by atoms with Crippen molar-refractivity contribution in [2.45, 2.75) is 25.9 Å². The van der Waals surface area contributed by atoms with Gasteiger partial charge in [0.05, 0.1) is 6.04 Å². The predicted molar refractivity (Wildman–Crippen MR) is 51.8 cm³/mol. The highest BCUT2D eigenvalue weighted by atomic mass is 16.4. The molecule has 0 rings (SSSR count). The molecule has 0 aliphatic rings. The van der Waals surface area contributed by atoms with E-state index in [2.05, 4.69) is 10.6 Å². The molecule has 5 N–H and O–H groups in total. The predicted octanol–water partition coefficient (Wildman–Crippen LogP) is -1.49. The number of carboxylic acid groups (broad SMARTS) is 1. The molecular formula is C8H17N3O3. The molecule has 0 radical (unpaired) electrons. The van der Waals surface area contributed by atoms with Gasteiger partial charge in [0.2, 0.25) is 5.91 Å². The van der Waals surface area contributed by atoms with Gasteiger partial charge < -0.3 is 21.5 Å². The Labute approximate surface area is 82.9 Å². The van der Waals surface area contributed by atoms with E-state index in [1.807, 2.05) is 6.92 Å². The molecule has 6 nitrogen and oxygen atoms in total. The third-order valence-electron chi connectivity index (χ3n) is 1.71. The van der Waals surface area contributed by atoms with E-state index < -0.39 is 18.1 Å². The number of hydrogen-bond donors (Lipinski definition) is 4. The summed E-state index contributed by atoms with van der Waals surface area (Å²) in [5.74, 6) is -1.24. The van der Waals surface area contributed by atoms with E-state index >= 15 is 0 Å². The molecule has 0 aromatic carbocycles. The molecule has 0 spiro atoms. The number of nitrogens with one attached hydrogen (secondary N) is 2. The maximum atomic E-state index is 11.2. The molecule has 0 saturated heterocycles. The number of carbonyl (C=O) groups excluding carboxylic acids is 1. The van der Waals surface area contributed by atoms with Crippen LogP contribution >= 0.6 is 0 Å². The highest BCUT2D eigenvalue weighted by Crippen LogP contribution is 1.83. The Hall–Kier alpha value is -1.14. The fourth-order valence-electron chi connectivity index (χ4n) is 0.811. The summed E-state index contributed by atoms with van der Waals surface area (Å²) in [5.41, 5.74) is 5.25. The highest BCUT2D eigenvalue weighted by Gasteiger charge is 2.15. The zero-order valence-corrected chi connectivity index (χ0v) is 8.41. The summed E-state index contributed by atoms with van der Waals surface area (Å²) in [5, 5.41) is 13.8. The van der Waals surface area contributed by atoms with Crippen LogP contribution in [0.2, 0.25) is 0 Å². The first-order valence-corrected chi connectivity index (χ1v) is 4.48. The fourth-order valence-corrected chi connectivity index (χ4v) is 0.811. The van der Waals surface area contributed by atoms with Crippen molar-refractivity contribution in [3.8, 4) is 0 Å². The minimum absolute atomic E-state index is 0.0770. The van der Waals surface area contributed by atoms with Crippen LogP contribution in [0.25, 0.3) is 0 Å². The SMILES string of the molecule is CCNC(=O)C(C)NCC(N)C(=O)O. The third kappa shape index (κ3) is 4.78. The number of carboxylic acids is 1. The average Bonchev–Trinajstić information content (AvgIpc) is 2.13. The van der Waals surface area contributed by atoms with Crippen molar-refractivity contribution in [2.24, 2.45) is 5.73 Å². The Balaban J connectivity index is 3.78. The maximum absolute atomic E-state index is 11.2. The number of hydrogen-bond acceptors (Lipinski definition) is 4. The van der Waals surface area contributed by atoms with E-state index in [4.69, 9.17) is 10.8 Å². The van der Waals surface area contributed by atoms with Gasteiger partial charge in [-0.2, -0.15) is 0 Å². The van der Waals surface area contributed by atoms with E-state index in [-0.39, 0.29) is 12.5 Å². The van der Waals surface area contributed by atoms with Gasteiger partial charge in [0.1, 0.15) is 6.04 Å². The third-order valence-corrected chi connectivity index (χ3v) is 1.71. The molecule has 0 aromatic rings. The topological polar surface area (TPSA) is 104 Å². The van der Waals surface area contributed by atoms with Gasteiger partial charge in [0, 0.05) is 13.1 Å². The molecule has 0 aliphatic carbocycles. The first-order chi connectivity index (χ1) is 6.49. The average molecular weight is 203 g/mol. The second-order valence-corrected chi connectivity index (χ2v) is 2.97. The minimum atomic E-state index is -1.08. The second kappa shape index (κ2) is 6.33. The molecule has 14 heavy (non-hydrogen) atoms. The number of likely N-dealkylation sites (N-methyl/N-ethyl adjacent to an activating group) is 1. The molecule has 6 heteroatoms. The summed E-state index contributed by atoms with van der Waals surface area (Å²) in [6.07, 6.45) is 0. The van der Waals surface area contributed by atoms with Crippen LogP contribution in [0.1, 0.15) is 13.8 Å². The lowest BCUT2D eigenvalue weighted by Crippen LogP contribution is -2.48. The van der Waals surface area contributed by atoms with Crippen molar-refractivity contribution in [1.29, 1.82) is 0 Å². The molecule has 0 bridgehead atoms. The van der Waals surface area contributed by atoms with Gasteiger partial charge in [0.15, 0.2) is 0 Å². The van der Waals surface area contributed by atoms with Crippen molar-refractivity contribution in [3.63, 3.8) is 0 Å². The molecule has 0 heterocycles. The van der Waals surface area contributed by atoms with Crippen molar-refractivity contribution in [3.05, 3.63) is 0 Å². The summed E-state index contributed by atoms with van der Waals surface area (Å²) in [6, 6.07) is -1.41. The summed E-state index contributed by atoms with van der Waals surface area (Å²) < 4.78 is 0. The Morgan fingerprint density at radius 1 is 1.50 bits per heavy atom. The monoisotopic (exact) mass is 203 g/mol. The second-order valence-electron chi connectivity index (χ2n) is 2.97. The lowest BCUT2D eigenvalue weighted by Gasteiger charge is -2.14. The van der Waals surface area contributed by atoms with Crippen LogP contribution in [0.3, 0.4) is 0 Å². The molecule has 0 saturated carbocycles. The highest BCUT2D eigenvalue weighted by molar-refractivity contribution is 5.81. The summed E-state index contributed by atoms with van der Waals surface area (Å²) in [4.78, 5) is 21.5. The first kappa shape index (κ1) is 12.9. The van der Waals surface area contributed by atoms with Crippen molar-refractivity contribution in [1.82, 2.24) is 10.6 Å². The van der Waals surface area contributed by atoms with Gasteiger partial charge in [0.25, 0.3) is 0 Å². The first-order valence-electron chi connectivity index (χ1n) is 4.48. The zero-order chi connectivity index (χ0) is 11.1. The Morgan fingerprint density at radius 2 is 2.07 bits per heavy atom. The van der Waals surface area contributed by atoms with E-state index in [1.54, 1.807) is 6.92 Å². The number of rotatable bonds is 6. The van der Waals surface area contributed by atoms with E-state index in [0.717, 1.165) is 0 Å². The van der Waals surface area contributed by atoms with Crippen LogP contribution in [0.4, 0.5) is 0 Å². The van der Waals surface area contributed by atoms with Crippen LogP contribution in [0.5, 0.6) is 0 Å². The standard InChI is InChI=1S/C8H17N3O3/c1-3-10-7(12)5(2)11-4-6(9)8(13)14/h5-6,11H,3-4,9H2,1-2H3,(H,10,12)(H,13,14). The van der Waals surface area contributed by atoms with Gasteiger partial charge in [-0.15, -0.1) is 0 Å². The molecule has 82 valence electrons. The summed E-state index contributed by atoms with van der Waals surface area (Å²) in [6.45, 7) is 4.09. The number of nitrogens with two attached hydrogens (primary N) is 1. The molecule has 1 amide bonds. The fraction of sp³-hybridized carbons (Fsp3) is 0.750. The summed E-state index contributed by atoms with van der Waals surface area (Å²) >= 11 is 0. The minimum Gasteiger partial charge on any atom is -0.480 e. The normalized spacial score (nSPS) is 14.5. The largest absolute Gasteiger partial charge is 0.480 e. The van der Waals surface area contributed by atoms with Crippen LogP contribution in [0, 0.1) is 0 Å². The van der Waals surface area contributed by atoms with Gasteiger partial charge in [-0.1, -0.05) is 0 Å². The quantitative estimate of drug-likeness (QED) is 0.421. The Bertz CT molecular complexity index is 208. The van der Waals surface area contributed by atoms with Gasteiger partial charge in [-0.05, 0) is 13.8 Å². The lowest BCUT2D eigenvalue weighted by atomic mass is 10.2. The van der Waals surface area contributed by atoms with Gasteiger partial charge in [-0.3, -0.25) is 9.59 Å². The van der Waals surface area contributed by atoms with E-state index in [9.17, 15) is 9.59 Å². The van der Waals surface area contributed by atoms with Crippen LogP contribution in [-0.2, 0) is 9.59 Å². The number of aliphatic carboxylic acids is 1. The van der Waals surface area contributed by atoms with Crippen LogP contribution in [0.15, 0.2) is 0 Å². The maximum Gasteiger partial charge on any atom is 0.321 e. The van der Waals surface area contributed by atoms with Crippen molar-refractivity contribution in [2.75, 3.05) is 13.1 Å². The smallest absolute Gasteiger partial charge is 0.321 e. The van der Waals surface area contributed by atoms with E-state index in [1.165, 1.54) is 0 Å². The molecule has 0 aliphatic heterocycles. The zero-order valence-electron chi connectivity index (χ0n) is 8.41. The molecule has 2 atom stereocenters. The molecular weight excluding hydrogens is 186 g/mol. The van der Waals surface area contributed by atoms with Crippen molar-refractivity contribution >= 4 is 11.9 Å². The number of amides is 1. The van der Waals surface area contributed by atoms with Crippen LogP contribution < -0.4 is 16.4 Å². The molecule has 0 aromatic heterocycles. The Kier molecular flexibility index (Phi) is 5.82. The lowest BCUT2D eigenvalue weighted by molar-refractivity contribution is -0.138. The van der Waals surface area contributed by atoms with Crippen LogP contribution in [-0.4, -0.2) is 42.2 Å². The van der Waals surface area contributed by atoms with Gasteiger partial charge in [-0.25, -0.2) is 0 Å². The molecule has 2 unspecified atom stereocenters. The van der Waals surface area contributed by atoms with Gasteiger partial charge >= 0.3 is 5.97 Å². The van der Waals surface area contributed by atoms with E-state index in [0.29, 0.717) is 6.54 Å². The summed E-state index contributed by atoms with van der Waals surface area (Å²) in [7, 11) is 0. The van der Waals surface area contributed by atoms with Crippen molar-refractivity contribution < 1.29 is 14.7 Å². The molecule has 0 fully saturated rings. The Morgan fingerprint density at radius 3 is 2.50 bits per heavy atom.